The van der Waals surface area contributed by atoms with Crippen LogP contribution in [0.25, 0.3) is 0 Å². The van der Waals surface area contributed by atoms with Gasteiger partial charge in [-0.1, -0.05) is 100 Å². The van der Waals surface area contributed by atoms with Crippen LogP contribution in [0.2, 0.25) is 0 Å². The molecule has 0 amide bonds. The Bertz CT molecular complexity index is 1280. The van der Waals surface area contributed by atoms with Crippen LogP contribution in [-0.2, 0) is 9.47 Å². The number of rotatable bonds is 12. The van der Waals surface area contributed by atoms with E-state index in [0.717, 1.165) is 50.4 Å². The molecule has 0 fully saturated rings. The fourth-order valence-corrected chi connectivity index (χ4v) is 4.05. The van der Waals surface area contributed by atoms with Crippen LogP contribution < -0.4 is 10.9 Å². The fraction of sp³-hybridized carbons (Fsp3) is 0.511. The van der Waals surface area contributed by atoms with E-state index in [0.29, 0.717) is 6.61 Å². The van der Waals surface area contributed by atoms with E-state index in [1.807, 2.05) is 39.8 Å². The molecule has 1 aliphatic carbocycles. The molecule has 0 saturated carbocycles. The van der Waals surface area contributed by atoms with Crippen LogP contribution >= 0.6 is 0 Å². The second-order valence-corrected chi connectivity index (χ2v) is 12.1. The summed E-state index contributed by atoms with van der Waals surface area (Å²) in [6.07, 6.45) is 19.2. The first-order valence-corrected chi connectivity index (χ1v) is 18.7. The number of hydrazine groups is 1. The Labute approximate surface area is 327 Å². The monoisotopic (exact) mass is 767 g/mol. The first-order valence-electron chi connectivity index (χ1n) is 18.7. The zero-order valence-corrected chi connectivity index (χ0v) is 35.7. The van der Waals surface area contributed by atoms with Crippen LogP contribution in [0, 0.1) is 5.82 Å². The zero-order chi connectivity index (χ0) is 42.8. The first-order chi connectivity index (χ1) is 25.5. The fourth-order valence-electron chi connectivity index (χ4n) is 4.05. The Morgan fingerprint density at radius 1 is 1.02 bits per heavy atom. The maximum absolute atomic E-state index is 12.9. The Balaban J connectivity index is -0.000000314. The number of hydrogen-bond donors (Lipinski definition) is 2. The van der Waals surface area contributed by atoms with Crippen molar-refractivity contribution in [1.82, 2.24) is 0 Å². The van der Waals surface area contributed by atoms with Crippen LogP contribution in [-0.4, -0.2) is 43.8 Å². The number of anilines is 1. The maximum Gasteiger partial charge on any atom is 0.416 e. The van der Waals surface area contributed by atoms with E-state index in [4.69, 9.17) is 20.4 Å². The minimum Gasteiger partial charge on any atom is -0.381 e. The molecule has 0 heterocycles. The Morgan fingerprint density at radius 3 is 1.94 bits per heavy atom. The number of nitrogens with two attached hydrogens (primary N) is 1. The molecule has 0 saturated heterocycles. The van der Waals surface area contributed by atoms with Gasteiger partial charge in [0.1, 0.15) is 5.82 Å². The summed E-state index contributed by atoms with van der Waals surface area (Å²) in [5.41, 5.74) is 4.77. The number of allylic oxidation sites excluding steroid dienone is 10. The van der Waals surface area contributed by atoms with Gasteiger partial charge in [0.25, 0.3) is 0 Å². The summed E-state index contributed by atoms with van der Waals surface area (Å²) < 4.78 is 57.8. The number of alkyl halides is 3. The van der Waals surface area contributed by atoms with Gasteiger partial charge in [-0.3, -0.25) is 5.01 Å². The smallest absolute Gasteiger partial charge is 0.381 e. The van der Waals surface area contributed by atoms with E-state index in [2.05, 4.69) is 90.3 Å². The second-order valence-electron chi connectivity index (χ2n) is 12.1. The van der Waals surface area contributed by atoms with Crippen molar-refractivity contribution in [1.29, 1.82) is 0 Å². The van der Waals surface area contributed by atoms with E-state index in [-0.39, 0.29) is 18.3 Å². The van der Waals surface area contributed by atoms with E-state index in [1.54, 1.807) is 31.4 Å². The highest BCUT2D eigenvalue weighted by atomic mass is 19.4. The van der Waals surface area contributed by atoms with Gasteiger partial charge in [0.05, 0.1) is 18.4 Å². The predicted molar refractivity (Wildman–Crippen MR) is 227 cm³/mol. The summed E-state index contributed by atoms with van der Waals surface area (Å²) >= 11 is 0. The molecule has 3 N–H and O–H groups in total. The van der Waals surface area contributed by atoms with Gasteiger partial charge in [-0.2, -0.15) is 13.2 Å². The quantitative estimate of drug-likeness (QED) is 0.0729. The highest BCUT2D eigenvalue weighted by Gasteiger charge is 2.48. The van der Waals surface area contributed by atoms with Crippen molar-refractivity contribution in [2.75, 3.05) is 25.8 Å². The highest BCUT2D eigenvalue weighted by Crippen LogP contribution is 2.32. The second kappa shape index (κ2) is 35.2. The van der Waals surface area contributed by atoms with E-state index >= 15 is 0 Å². The third kappa shape index (κ3) is 28.0. The molecule has 0 aliphatic heterocycles. The lowest BCUT2D eigenvalue weighted by molar-refractivity contribution is -0.253. The predicted octanol–water partition coefficient (Wildman–Crippen LogP) is 13.5. The normalized spacial score (nSPS) is 16.1. The van der Waals surface area contributed by atoms with E-state index in [9.17, 15) is 17.6 Å². The highest BCUT2D eigenvalue weighted by molar-refractivity contribution is 5.51. The van der Waals surface area contributed by atoms with Gasteiger partial charge in [0.15, 0.2) is 5.60 Å². The number of ether oxygens (including phenoxy) is 2. The van der Waals surface area contributed by atoms with Crippen molar-refractivity contribution in [3.05, 3.63) is 126 Å². The average Bonchev–Trinajstić information content (AvgIpc) is 3.14. The average molecular weight is 767 g/mol. The molecule has 1 aromatic rings. The molecule has 1 aliphatic rings. The number of aliphatic hydroxyl groups is 1. The molecule has 54 heavy (non-hydrogen) atoms. The van der Waals surface area contributed by atoms with Crippen molar-refractivity contribution >= 4 is 5.69 Å². The van der Waals surface area contributed by atoms with Gasteiger partial charge in [-0.05, 0) is 109 Å². The molecule has 9 heteroatoms. The molecule has 310 valence electrons. The maximum atomic E-state index is 12.9. The molecule has 2 unspecified atom stereocenters. The Hall–Kier alpha value is -3.50. The molecule has 1 aromatic carbocycles. The van der Waals surface area contributed by atoms with Gasteiger partial charge in [0, 0.05) is 26.3 Å². The van der Waals surface area contributed by atoms with Crippen molar-refractivity contribution in [2.24, 2.45) is 5.84 Å². The molecule has 2 atom stereocenters. The van der Waals surface area contributed by atoms with Crippen molar-refractivity contribution in [2.45, 2.75) is 133 Å². The van der Waals surface area contributed by atoms with Gasteiger partial charge in [-0.25, -0.2) is 10.2 Å². The van der Waals surface area contributed by atoms with Gasteiger partial charge >= 0.3 is 6.18 Å². The summed E-state index contributed by atoms with van der Waals surface area (Å²) in [6, 6.07) is 6.22. The molecule has 5 nitrogen and oxygen atoms in total. The summed E-state index contributed by atoms with van der Waals surface area (Å²) in [6.45, 7) is 27.5. The number of hydrogen-bond acceptors (Lipinski definition) is 5. The molecule has 0 radical (unpaired) electrons. The largest absolute Gasteiger partial charge is 0.416 e. The number of halogens is 4. The third-order valence-corrected chi connectivity index (χ3v) is 7.76. The summed E-state index contributed by atoms with van der Waals surface area (Å²) in [5, 5.41) is 10.2. The standard InChI is InChI=1S/C15H17FN2.C14H24O.C7H14O.C5H9F3O.C2H6.C2H4/c1-12-6-4-2-3-5-7-15(12)18(17)14-10-8-13(16)9-11-14;1-6-8-13(11-15-5)9-10-14(7-2)12(3)4;1-4-5-6-7(2)8-3;1-3-4(2,9)5(6,7)8;2*1-2/h2-5,8-11H,6-7,17H2,1H3;6,8-9H,7,10-11H2,1-5H3;5-7H,4H2,1-3H3;9H,3H2,1-2H3;1-2H3;1-2H2/b4-2-,5-3?,15-12+;8-6-,13-9?;;;;. The topological polar surface area (TPSA) is 68.0 Å². The molecule has 0 spiro atoms. The minimum absolute atomic E-state index is 0.252. The van der Waals surface area contributed by atoms with Crippen LogP contribution in [0.15, 0.2) is 120 Å². The van der Waals surface area contributed by atoms with Crippen molar-refractivity contribution in [3.8, 4) is 0 Å². The zero-order valence-electron chi connectivity index (χ0n) is 35.7. The Kier molecular flexibility index (Phi) is 37.3. The van der Waals surface area contributed by atoms with Gasteiger partial charge < -0.3 is 14.6 Å². The van der Waals surface area contributed by atoms with Crippen LogP contribution in [0.1, 0.15) is 115 Å². The summed E-state index contributed by atoms with van der Waals surface area (Å²) in [5.74, 6) is 5.87. The number of benzene rings is 1. The lowest BCUT2D eigenvalue weighted by Crippen LogP contribution is -2.41. The molecule has 2 rings (SSSR count). The molecular weight excluding hydrogens is 692 g/mol. The summed E-state index contributed by atoms with van der Waals surface area (Å²) in [7, 11) is 3.45. The van der Waals surface area contributed by atoms with Crippen LogP contribution in [0.5, 0.6) is 0 Å². The number of nitrogens with zero attached hydrogens (tertiary/aromatic N) is 1. The molecule has 0 bridgehead atoms. The Morgan fingerprint density at radius 2 is 1.56 bits per heavy atom. The van der Waals surface area contributed by atoms with E-state index < -0.39 is 11.8 Å². The van der Waals surface area contributed by atoms with Gasteiger partial charge in [-0.15, -0.1) is 13.2 Å². The minimum atomic E-state index is -4.50. The molecule has 0 aromatic heterocycles. The summed E-state index contributed by atoms with van der Waals surface area (Å²) in [4.78, 5) is 0. The van der Waals surface area contributed by atoms with Crippen molar-refractivity contribution in [3.63, 3.8) is 0 Å². The molecular formula is C45H74F4N2O3. The SMILES string of the molecule is C/C1=C(\N(N)c2ccc(F)cc2)CC=C/C=C\C1.C/C=C\C(=CCC(CC)=C(C)C)COC.C=C.CC.CCC(C)(O)C(F)(F)F.CCC=CC(C)OC. The van der Waals surface area contributed by atoms with E-state index in [1.165, 1.54) is 41.3 Å². The van der Waals surface area contributed by atoms with Crippen LogP contribution in [0.4, 0.5) is 23.2 Å². The van der Waals surface area contributed by atoms with Crippen molar-refractivity contribution < 1.29 is 32.1 Å². The lowest BCUT2D eigenvalue weighted by Gasteiger charge is -2.24. The van der Waals surface area contributed by atoms with Crippen LogP contribution in [0.3, 0.4) is 0 Å². The first kappa shape index (κ1) is 57.2. The lowest BCUT2D eigenvalue weighted by atomic mass is 10.0. The number of methoxy groups -OCH3 is 2. The van der Waals surface area contributed by atoms with Gasteiger partial charge in [0.2, 0.25) is 0 Å². The third-order valence-electron chi connectivity index (χ3n) is 7.76.